The summed E-state index contributed by atoms with van der Waals surface area (Å²) in [4.78, 5) is 39.2. The maximum Gasteiger partial charge on any atom is 0.243 e. The third kappa shape index (κ3) is 4.60. The third-order valence-corrected chi connectivity index (χ3v) is 10.3. The number of allylic oxidation sites excluding steroid dienone is 1. The molecule has 4 aromatic carbocycles. The normalized spacial score (nSPS) is 22.2. The summed E-state index contributed by atoms with van der Waals surface area (Å²) in [6.45, 7) is 12.0. The SMILES string of the molecule is Cc1ccc(N2C(=O)C(C)(C)/C2=C2\C(=Nc3ccc(Br)cc3)c3cc(Br)ccc3N2C2N(c3ccc(C)cc3)C(=O)C2(C)C)cc1. The summed E-state index contributed by atoms with van der Waals surface area (Å²) in [7, 11) is 0. The van der Waals surface area contributed by atoms with Crippen LogP contribution in [0.5, 0.6) is 0 Å². The quantitative estimate of drug-likeness (QED) is 0.196. The maximum atomic E-state index is 14.0. The van der Waals surface area contributed by atoms with E-state index in [0.717, 1.165) is 65.5 Å². The molecular weight excluding hydrogens is 704 g/mol. The first-order valence-corrected chi connectivity index (χ1v) is 16.9. The second-order valence-corrected chi connectivity index (χ2v) is 15.2. The number of amides is 2. The average molecular weight is 739 g/mol. The van der Waals surface area contributed by atoms with Crippen LogP contribution in [-0.2, 0) is 9.59 Å². The van der Waals surface area contributed by atoms with Crippen molar-refractivity contribution in [3.05, 3.63) is 128 Å². The number of benzene rings is 4. The van der Waals surface area contributed by atoms with E-state index >= 15 is 0 Å². The largest absolute Gasteiger partial charge is 0.315 e. The van der Waals surface area contributed by atoms with Gasteiger partial charge in [0, 0.05) is 25.9 Å². The molecule has 2 saturated heterocycles. The Bertz CT molecular complexity index is 1980. The fourth-order valence-electron chi connectivity index (χ4n) is 6.75. The number of carbonyl (C=O) groups is 2. The molecule has 0 aromatic heterocycles. The number of aryl methyl sites for hydroxylation is 2. The Morgan fingerprint density at radius 1 is 0.674 bits per heavy atom. The summed E-state index contributed by atoms with van der Waals surface area (Å²) >= 11 is 7.27. The van der Waals surface area contributed by atoms with Crippen LogP contribution in [0.3, 0.4) is 0 Å². The van der Waals surface area contributed by atoms with Crippen molar-refractivity contribution >= 4 is 72.1 Å². The number of fused-ring (bicyclic) bond motifs is 1. The van der Waals surface area contributed by atoms with Gasteiger partial charge in [-0.05, 0) is 108 Å². The van der Waals surface area contributed by atoms with Crippen LogP contribution < -0.4 is 14.7 Å². The summed E-state index contributed by atoms with van der Waals surface area (Å²) < 4.78 is 1.88. The molecule has 3 aliphatic rings. The van der Waals surface area contributed by atoms with Gasteiger partial charge in [-0.25, -0.2) is 4.99 Å². The molecule has 6 nitrogen and oxygen atoms in total. The zero-order valence-corrected chi connectivity index (χ0v) is 29.8. The number of β-lactam (4-membered cyclic amide) rings is 2. The van der Waals surface area contributed by atoms with E-state index < -0.39 is 10.8 Å². The molecule has 232 valence electrons. The Morgan fingerprint density at radius 2 is 1.24 bits per heavy atom. The van der Waals surface area contributed by atoms with Crippen LogP contribution in [0.1, 0.15) is 44.4 Å². The summed E-state index contributed by atoms with van der Waals surface area (Å²) in [5, 5.41) is 0. The molecule has 0 bridgehead atoms. The van der Waals surface area contributed by atoms with Crippen molar-refractivity contribution in [2.24, 2.45) is 15.8 Å². The van der Waals surface area contributed by atoms with Crippen molar-refractivity contribution in [1.29, 1.82) is 0 Å². The van der Waals surface area contributed by atoms with Gasteiger partial charge in [0.1, 0.15) is 6.17 Å². The Morgan fingerprint density at radius 3 is 1.85 bits per heavy atom. The molecule has 3 heterocycles. The van der Waals surface area contributed by atoms with E-state index in [2.05, 4.69) is 48.9 Å². The molecule has 0 spiro atoms. The fourth-order valence-corrected chi connectivity index (χ4v) is 7.38. The predicted molar refractivity (Wildman–Crippen MR) is 193 cm³/mol. The highest BCUT2D eigenvalue weighted by Crippen LogP contribution is 2.55. The Kier molecular flexibility index (Phi) is 7.18. The molecule has 46 heavy (non-hydrogen) atoms. The molecule has 4 aromatic rings. The minimum Gasteiger partial charge on any atom is -0.315 e. The Labute approximate surface area is 286 Å². The Hall–Kier alpha value is -4.01. The molecule has 8 heteroatoms. The van der Waals surface area contributed by atoms with Gasteiger partial charge in [-0.3, -0.25) is 19.4 Å². The van der Waals surface area contributed by atoms with Gasteiger partial charge < -0.3 is 4.90 Å². The standard InChI is InChI=1S/C38H34Br2N4O2/c1-22-7-16-27(17-8-22)42-33(37(3,4)35(42)45)32-31(41-26-14-11-24(39)12-15-26)29-21-25(40)13-20-30(29)44(32)34-38(5,6)36(46)43(34)28-18-9-23(2)10-19-28/h7-21,34H,1-6H3/b33-32-,41-31?. The first-order valence-electron chi connectivity index (χ1n) is 15.3. The minimum atomic E-state index is -0.815. The minimum absolute atomic E-state index is 0.0123. The van der Waals surface area contributed by atoms with Crippen LogP contribution in [0.2, 0.25) is 0 Å². The highest BCUT2D eigenvalue weighted by Gasteiger charge is 2.62. The van der Waals surface area contributed by atoms with E-state index in [9.17, 15) is 9.59 Å². The molecule has 1 atom stereocenters. The number of rotatable bonds is 4. The summed E-state index contributed by atoms with van der Waals surface area (Å²) in [6, 6.07) is 30.2. The zero-order valence-electron chi connectivity index (χ0n) is 26.6. The molecule has 0 radical (unpaired) electrons. The van der Waals surface area contributed by atoms with Crippen molar-refractivity contribution < 1.29 is 9.59 Å². The average Bonchev–Trinajstić information content (AvgIpc) is 3.31. The summed E-state index contributed by atoms with van der Waals surface area (Å²) in [5.41, 5.74) is 7.40. The van der Waals surface area contributed by atoms with E-state index in [1.54, 1.807) is 0 Å². The molecule has 2 amide bonds. The van der Waals surface area contributed by atoms with E-state index in [4.69, 9.17) is 4.99 Å². The second kappa shape index (κ2) is 10.8. The van der Waals surface area contributed by atoms with Crippen LogP contribution in [0.4, 0.5) is 22.7 Å². The van der Waals surface area contributed by atoms with Crippen LogP contribution in [0.15, 0.2) is 116 Å². The van der Waals surface area contributed by atoms with Gasteiger partial charge in [0.2, 0.25) is 11.8 Å². The van der Waals surface area contributed by atoms with Crippen LogP contribution >= 0.6 is 31.9 Å². The number of anilines is 3. The van der Waals surface area contributed by atoms with Crippen LogP contribution in [0, 0.1) is 24.7 Å². The molecule has 7 rings (SSSR count). The lowest BCUT2D eigenvalue weighted by Gasteiger charge is -2.58. The maximum absolute atomic E-state index is 14.0. The van der Waals surface area contributed by atoms with Gasteiger partial charge in [0.15, 0.2) is 0 Å². The third-order valence-electron chi connectivity index (χ3n) is 9.29. The lowest BCUT2D eigenvalue weighted by Crippen LogP contribution is -2.73. The molecule has 0 saturated carbocycles. The first kappa shape index (κ1) is 30.6. The number of carbonyl (C=O) groups excluding carboxylic acids is 2. The van der Waals surface area contributed by atoms with E-state index in [0.29, 0.717) is 0 Å². The van der Waals surface area contributed by atoms with Crippen LogP contribution in [0.25, 0.3) is 0 Å². The smallest absolute Gasteiger partial charge is 0.243 e. The van der Waals surface area contributed by atoms with E-state index in [-0.39, 0.29) is 18.0 Å². The van der Waals surface area contributed by atoms with E-state index in [1.165, 1.54) is 0 Å². The first-order chi connectivity index (χ1) is 21.8. The number of halogens is 2. The predicted octanol–water partition coefficient (Wildman–Crippen LogP) is 9.45. The fraction of sp³-hybridized carbons (Fsp3) is 0.237. The van der Waals surface area contributed by atoms with Gasteiger partial charge >= 0.3 is 0 Å². The molecule has 1 unspecified atom stereocenters. The van der Waals surface area contributed by atoms with Gasteiger partial charge in [-0.15, -0.1) is 0 Å². The monoisotopic (exact) mass is 736 g/mol. The van der Waals surface area contributed by atoms with Gasteiger partial charge in [-0.1, -0.05) is 67.3 Å². The summed E-state index contributed by atoms with van der Waals surface area (Å²) in [5.74, 6) is 0.0558. The van der Waals surface area contributed by atoms with Crippen molar-refractivity contribution in [3.8, 4) is 0 Å². The van der Waals surface area contributed by atoms with Crippen LogP contribution in [-0.4, -0.2) is 23.7 Å². The summed E-state index contributed by atoms with van der Waals surface area (Å²) in [6.07, 6.45) is -0.380. The second-order valence-electron chi connectivity index (χ2n) is 13.4. The van der Waals surface area contributed by atoms with Gasteiger partial charge in [0.05, 0.1) is 39.3 Å². The molecule has 0 N–H and O–H groups in total. The highest BCUT2D eigenvalue weighted by molar-refractivity contribution is 9.10. The van der Waals surface area contributed by atoms with Crippen molar-refractivity contribution in [2.45, 2.75) is 47.7 Å². The van der Waals surface area contributed by atoms with E-state index in [1.807, 2.05) is 130 Å². The topological polar surface area (TPSA) is 56.2 Å². The van der Waals surface area contributed by atoms with Crippen molar-refractivity contribution in [2.75, 3.05) is 14.7 Å². The lowest BCUT2D eigenvalue weighted by atomic mass is 9.74. The molecular formula is C38H34Br2N4O2. The lowest BCUT2D eigenvalue weighted by molar-refractivity contribution is -0.137. The zero-order chi connectivity index (χ0) is 32.7. The number of hydrogen-bond acceptors (Lipinski definition) is 4. The van der Waals surface area contributed by atoms with Gasteiger partial charge in [0.25, 0.3) is 0 Å². The van der Waals surface area contributed by atoms with Gasteiger partial charge in [-0.2, -0.15) is 0 Å². The highest BCUT2D eigenvalue weighted by atomic mass is 79.9. The molecule has 3 aliphatic heterocycles. The molecule has 2 fully saturated rings. The number of nitrogens with zero attached hydrogens (tertiary/aromatic N) is 4. The number of hydrogen-bond donors (Lipinski definition) is 0. The number of aliphatic imine (C=N–C) groups is 1. The van der Waals surface area contributed by atoms with Crippen molar-refractivity contribution in [1.82, 2.24) is 0 Å². The Balaban J connectivity index is 1.54. The molecule has 0 aliphatic carbocycles. The van der Waals surface area contributed by atoms with Crippen molar-refractivity contribution in [3.63, 3.8) is 0 Å².